The van der Waals surface area contributed by atoms with Gasteiger partial charge in [0, 0.05) is 17.7 Å². The maximum atomic E-state index is 13.7. The highest BCUT2D eigenvalue weighted by Gasteiger charge is 2.47. The van der Waals surface area contributed by atoms with Crippen LogP contribution in [0.4, 0.5) is 24.5 Å². The van der Waals surface area contributed by atoms with Crippen molar-refractivity contribution in [1.82, 2.24) is 0 Å². The van der Waals surface area contributed by atoms with E-state index in [-0.39, 0.29) is 35.1 Å². The van der Waals surface area contributed by atoms with Crippen LogP contribution in [0.15, 0.2) is 75.8 Å². The van der Waals surface area contributed by atoms with Crippen LogP contribution in [0.1, 0.15) is 29.5 Å². The first-order valence-corrected chi connectivity index (χ1v) is 10.9. The number of hydrogen-bond acceptors (Lipinski definition) is 7. The summed E-state index contributed by atoms with van der Waals surface area (Å²) in [5, 5.41) is 14.9. The zero-order valence-electron chi connectivity index (χ0n) is 19.2. The Morgan fingerprint density at radius 3 is 2.38 bits per heavy atom. The average molecular weight is 513 g/mol. The van der Waals surface area contributed by atoms with Gasteiger partial charge in [-0.05, 0) is 61.0 Å². The molecule has 0 spiro atoms. The largest absolute Gasteiger partial charge is 0.462 e. The van der Waals surface area contributed by atoms with Gasteiger partial charge in [-0.2, -0.15) is 23.3 Å². The number of halogens is 3. The van der Waals surface area contributed by atoms with Crippen LogP contribution in [0.5, 0.6) is 0 Å². The van der Waals surface area contributed by atoms with Gasteiger partial charge in [0.1, 0.15) is 11.5 Å². The molecule has 0 saturated heterocycles. The SMILES string of the molecule is CCCOC(=O)c1ccc(N2N=C(C(F)(F)F)C(=Cc3ccc(-c4ccc([N+](=O)[O-])cc4)o3)C2=O)cc1. The highest BCUT2D eigenvalue weighted by molar-refractivity contribution is 6.34. The number of nitro groups is 1. The van der Waals surface area contributed by atoms with Gasteiger partial charge in [0.2, 0.25) is 0 Å². The molecule has 0 aliphatic carbocycles. The molecule has 9 nitrogen and oxygen atoms in total. The molecular weight excluding hydrogens is 495 g/mol. The summed E-state index contributed by atoms with van der Waals surface area (Å²) in [4.78, 5) is 35.2. The highest BCUT2D eigenvalue weighted by atomic mass is 19.4. The number of amides is 1. The number of anilines is 1. The molecule has 37 heavy (non-hydrogen) atoms. The maximum absolute atomic E-state index is 13.7. The van der Waals surface area contributed by atoms with Crippen LogP contribution >= 0.6 is 0 Å². The fourth-order valence-electron chi connectivity index (χ4n) is 3.42. The van der Waals surface area contributed by atoms with Gasteiger partial charge in [-0.3, -0.25) is 14.9 Å². The van der Waals surface area contributed by atoms with Crippen molar-refractivity contribution >= 4 is 35.0 Å². The van der Waals surface area contributed by atoms with E-state index in [1.807, 2.05) is 6.92 Å². The van der Waals surface area contributed by atoms with Gasteiger partial charge in [-0.25, -0.2) is 4.79 Å². The Morgan fingerprint density at radius 1 is 1.11 bits per heavy atom. The third kappa shape index (κ3) is 5.42. The second-order valence-corrected chi connectivity index (χ2v) is 7.81. The molecule has 1 aliphatic heterocycles. The molecule has 3 aromatic rings. The zero-order valence-corrected chi connectivity index (χ0v) is 19.2. The minimum Gasteiger partial charge on any atom is -0.462 e. The highest BCUT2D eigenvalue weighted by Crippen LogP contribution is 2.34. The molecular formula is C25H18F3N3O6. The monoisotopic (exact) mass is 513 g/mol. The molecule has 2 heterocycles. The summed E-state index contributed by atoms with van der Waals surface area (Å²) in [6, 6.07) is 13.5. The average Bonchev–Trinajstić information content (AvgIpc) is 3.47. The first-order chi connectivity index (χ1) is 17.6. The Bertz CT molecular complexity index is 1410. The lowest BCUT2D eigenvalue weighted by molar-refractivity contribution is -0.384. The molecule has 1 aliphatic rings. The van der Waals surface area contributed by atoms with Crippen LogP contribution < -0.4 is 5.01 Å². The standard InChI is InChI=1S/C25H18F3N3O6/c1-2-13-36-24(33)16-5-7-17(8-6-16)30-23(32)20(22(29-30)25(26,27)28)14-19-11-12-21(37-19)15-3-9-18(10-4-15)31(34)35/h3-12,14H,2,13H2,1H3. The summed E-state index contributed by atoms with van der Waals surface area (Å²) >= 11 is 0. The molecule has 12 heteroatoms. The number of ether oxygens (including phenoxy) is 1. The predicted octanol–water partition coefficient (Wildman–Crippen LogP) is 5.77. The smallest absolute Gasteiger partial charge is 0.435 e. The quantitative estimate of drug-likeness (QED) is 0.171. The molecule has 0 atom stereocenters. The van der Waals surface area contributed by atoms with Crippen molar-refractivity contribution < 1.29 is 36.8 Å². The van der Waals surface area contributed by atoms with Gasteiger partial charge < -0.3 is 9.15 Å². The molecule has 1 amide bonds. The van der Waals surface area contributed by atoms with E-state index in [1.54, 1.807) is 0 Å². The number of nitrogens with zero attached hydrogens (tertiary/aromatic N) is 3. The van der Waals surface area contributed by atoms with Crippen LogP contribution in [-0.2, 0) is 9.53 Å². The predicted molar refractivity (Wildman–Crippen MR) is 127 cm³/mol. The number of carbonyl (C=O) groups excluding carboxylic acids is 2. The molecule has 4 rings (SSSR count). The molecule has 1 aromatic heterocycles. The fraction of sp³-hybridized carbons (Fsp3) is 0.160. The lowest BCUT2D eigenvalue weighted by Gasteiger charge is -2.12. The van der Waals surface area contributed by atoms with Crippen molar-refractivity contribution in [1.29, 1.82) is 0 Å². The van der Waals surface area contributed by atoms with E-state index in [1.165, 1.54) is 60.7 Å². The van der Waals surface area contributed by atoms with Gasteiger partial charge in [0.25, 0.3) is 11.6 Å². The van der Waals surface area contributed by atoms with E-state index < -0.39 is 34.3 Å². The number of benzene rings is 2. The topological polar surface area (TPSA) is 115 Å². The van der Waals surface area contributed by atoms with E-state index in [0.29, 0.717) is 17.0 Å². The van der Waals surface area contributed by atoms with Crippen LogP contribution in [0.2, 0.25) is 0 Å². The molecule has 0 unspecified atom stereocenters. The van der Waals surface area contributed by atoms with Gasteiger partial charge in [0.15, 0.2) is 5.71 Å². The summed E-state index contributed by atoms with van der Waals surface area (Å²) in [7, 11) is 0. The number of hydrazone groups is 1. The molecule has 0 N–H and O–H groups in total. The van der Waals surface area contributed by atoms with Crippen LogP contribution in [0, 0.1) is 10.1 Å². The summed E-state index contributed by atoms with van der Waals surface area (Å²) in [6.07, 6.45) is -3.38. The first kappa shape index (κ1) is 25.4. The van der Waals surface area contributed by atoms with E-state index in [0.717, 1.165) is 6.08 Å². The van der Waals surface area contributed by atoms with Crippen molar-refractivity contribution in [3.05, 3.63) is 87.7 Å². The van der Waals surface area contributed by atoms with Crippen molar-refractivity contribution in [2.45, 2.75) is 19.5 Å². The Morgan fingerprint density at radius 2 is 1.78 bits per heavy atom. The van der Waals surface area contributed by atoms with Crippen LogP contribution in [0.25, 0.3) is 17.4 Å². The molecule has 0 fully saturated rings. The minimum absolute atomic E-state index is 0.0215. The Hall–Kier alpha value is -4.74. The Kier molecular flexibility index (Phi) is 6.92. The minimum atomic E-state index is -4.94. The summed E-state index contributed by atoms with van der Waals surface area (Å²) in [5.41, 5.74) is -1.62. The van der Waals surface area contributed by atoms with E-state index in [9.17, 15) is 32.9 Å². The fourth-order valence-corrected chi connectivity index (χ4v) is 3.42. The third-order valence-electron chi connectivity index (χ3n) is 5.21. The summed E-state index contributed by atoms with van der Waals surface area (Å²) < 4.78 is 51.8. The third-order valence-corrected chi connectivity index (χ3v) is 5.21. The lowest BCUT2D eigenvalue weighted by Crippen LogP contribution is -2.25. The molecule has 0 saturated carbocycles. The maximum Gasteiger partial charge on any atom is 0.435 e. The van der Waals surface area contributed by atoms with Crippen molar-refractivity contribution in [2.75, 3.05) is 11.6 Å². The number of carbonyl (C=O) groups is 2. The van der Waals surface area contributed by atoms with Crippen molar-refractivity contribution in [3.63, 3.8) is 0 Å². The first-order valence-electron chi connectivity index (χ1n) is 10.9. The van der Waals surface area contributed by atoms with Gasteiger partial charge in [-0.1, -0.05) is 6.92 Å². The number of esters is 1. The zero-order chi connectivity index (χ0) is 26.7. The number of non-ortho nitro benzene ring substituents is 1. The summed E-state index contributed by atoms with van der Waals surface area (Å²) in [6.45, 7) is 2.05. The second kappa shape index (κ2) is 10.1. The van der Waals surface area contributed by atoms with E-state index in [4.69, 9.17) is 9.15 Å². The second-order valence-electron chi connectivity index (χ2n) is 7.81. The van der Waals surface area contributed by atoms with Gasteiger partial charge in [-0.15, -0.1) is 0 Å². The number of alkyl halides is 3. The molecule has 2 aromatic carbocycles. The number of rotatable bonds is 7. The van der Waals surface area contributed by atoms with Crippen molar-refractivity contribution in [2.24, 2.45) is 5.10 Å². The Balaban J connectivity index is 1.61. The van der Waals surface area contributed by atoms with E-state index >= 15 is 0 Å². The number of hydrogen-bond donors (Lipinski definition) is 0. The molecule has 0 radical (unpaired) electrons. The van der Waals surface area contributed by atoms with Crippen LogP contribution in [-0.4, -0.2) is 35.3 Å². The summed E-state index contributed by atoms with van der Waals surface area (Å²) in [5.74, 6) is -1.45. The molecule has 0 bridgehead atoms. The van der Waals surface area contributed by atoms with Crippen molar-refractivity contribution in [3.8, 4) is 11.3 Å². The van der Waals surface area contributed by atoms with Crippen LogP contribution in [0.3, 0.4) is 0 Å². The van der Waals surface area contributed by atoms with E-state index in [2.05, 4.69) is 5.10 Å². The Labute approximate surface area is 207 Å². The molecule has 190 valence electrons. The lowest BCUT2D eigenvalue weighted by atomic mass is 10.1. The van der Waals surface area contributed by atoms with Gasteiger partial charge in [0.05, 0.1) is 28.4 Å². The number of furan rings is 1. The van der Waals surface area contributed by atoms with Gasteiger partial charge >= 0.3 is 12.1 Å². The number of nitro benzene ring substituents is 1. The normalized spacial score (nSPS) is 14.7.